The molecule has 1 heterocycles. The summed E-state index contributed by atoms with van der Waals surface area (Å²) in [5.41, 5.74) is 1.50. The van der Waals surface area contributed by atoms with Gasteiger partial charge in [-0.15, -0.1) is 0 Å². The van der Waals surface area contributed by atoms with Crippen molar-refractivity contribution >= 4 is 29.1 Å². The molecule has 0 radical (unpaired) electrons. The maximum Gasteiger partial charge on any atom is 0.255 e. The first kappa shape index (κ1) is 17.2. The molecular weight excluding hydrogens is 348 g/mol. The summed E-state index contributed by atoms with van der Waals surface area (Å²) in [6.07, 6.45) is 2.97. The summed E-state index contributed by atoms with van der Waals surface area (Å²) in [6, 6.07) is 11.5. The third kappa shape index (κ3) is 3.90. The molecule has 1 fully saturated rings. The van der Waals surface area contributed by atoms with Crippen molar-refractivity contribution in [3.63, 3.8) is 0 Å². The zero-order valence-corrected chi connectivity index (χ0v) is 14.7. The molecule has 0 aromatic heterocycles. The normalized spacial score (nSPS) is 18.3. The van der Waals surface area contributed by atoms with Crippen LogP contribution in [0.15, 0.2) is 42.5 Å². The molecule has 1 amide bonds. The van der Waals surface area contributed by atoms with Gasteiger partial charge < -0.3 is 4.90 Å². The Labute approximate surface area is 151 Å². The number of likely N-dealkylation sites (tertiary alicyclic amines) is 1. The van der Waals surface area contributed by atoms with Gasteiger partial charge in [-0.2, -0.15) is 0 Å². The van der Waals surface area contributed by atoms with Crippen molar-refractivity contribution in [2.24, 2.45) is 0 Å². The number of amides is 1. The summed E-state index contributed by atoms with van der Waals surface area (Å²) < 4.78 is 13.2. The number of benzene rings is 2. The predicted octanol–water partition coefficient (Wildman–Crippen LogP) is 5.54. The predicted molar refractivity (Wildman–Crippen MR) is 95.4 cm³/mol. The van der Waals surface area contributed by atoms with Crippen molar-refractivity contribution in [3.05, 3.63) is 69.5 Å². The van der Waals surface area contributed by atoms with Crippen molar-refractivity contribution in [2.75, 3.05) is 13.1 Å². The van der Waals surface area contributed by atoms with Crippen LogP contribution in [-0.2, 0) is 0 Å². The fourth-order valence-electron chi connectivity index (χ4n) is 3.17. The molecule has 0 bridgehead atoms. The van der Waals surface area contributed by atoms with Crippen LogP contribution in [-0.4, -0.2) is 23.9 Å². The van der Waals surface area contributed by atoms with Crippen LogP contribution in [0, 0.1) is 5.82 Å². The average Bonchev–Trinajstić information content (AvgIpc) is 2.83. The van der Waals surface area contributed by atoms with E-state index in [9.17, 15) is 9.18 Å². The van der Waals surface area contributed by atoms with Gasteiger partial charge in [-0.25, -0.2) is 4.39 Å². The van der Waals surface area contributed by atoms with Crippen LogP contribution in [0.3, 0.4) is 0 Å². The Morgan fingerprint density at radius 3 is 2.58 bits per heavy atom. The Morgan fingerprint density at radius 1 is 1.08 bits per heavy atom. The molecule has 0 aliphatic carbocycles. The molecule has 3 rings (SSSR count). The van der Waals surface area contributed by atoms with Crippen LogP contribution in [0.5, 0.6) is 0 Å². The summed E-state index contributed by atoms with van der Waals surface area (Å²) in [4.78, 5) is 14.7. The number of carbonyl (C=O) groups is 1. The van der Waals surface area contributed by atoms with E-state index in [1.54, 1.807) is 30.3 Å². The largest absolute Gasteiger partial charge is 0.338 e. The molecule has 0 spiro atoms. The lowest BCUT2D eigenvalue weighted by Crippen LogP contribution is -2.34. The second-order valence-corrected chi connectivity index (χ2v) is 6.96. The van der Waals surface area contributed by atoms with E-state index in [0.29, 0.717) is 28.7 Å². The third-order valence-electron chi connectivity index (χ3n) is 4.46. The summed E-state index contributed by atoms with van der Waals surface area (Å²) in [7, 11) is 0. The van der Waals surface area contributed by atoms with E-state index in [2.05, 4.69) is 0 Å². The Balaban J connectivity index is 1.83. The lowest BCUT2D eigenvalue weighted by molar-refractivity contribution is 0.0754. The van der Waals surface area contributed by atoms with Crippen molar-refractivity contribution < 1.29 is 9.18 Å². The van der Waals surface area contributed by atoms with Gasteiger partial charge in [0.15, 0.2) is 0 Å². The molecule has 1 saturated heterocycles. The lowest BCUT2D eigenvalue weighted by Gasteiger charge is -2.25. The van der Waals surface area contributed by atoms with E-state index in [1.807, 2.05) is 4.90 Å². The molecule has 1 unspecified atom stereocenters. The molecule has 1 aliphatic heterocycles. The van der Waals surface area contributed by atoms with Crippen molar-refractivity contribution in [1.29, 1.82) is 0 Å². The van der Waals surface area contributed by atoms with Crippen LogP contribution in [0.2, 0.25) is 10.0 Å². The maximum absolute atomic E-state index is 13.2. The molecule has 0 saturated carbocycles. The maximum atomic E-state index is 13.2. The summed E-state index contributed by atoms with van der Waals surface area (Å²) in [5, 5.41) is 0.902. The van der Waals surface area contributed by atoms with Gasteiger partial charge in [-0.1, -0.05) is 41.8 Å². The van der Waals surface area contributed by atoms with Crippen molar-refractivity contribution in [3.8, 4) is 0 Å². The van der Waals surface area contributed by atoms with Crippen molar-refractivity contribution in [1.82, 2.24) is 4.90 Å². The molecule has 126 valence electrons. The average molecular weight is 366 g/mol. The monoisotopic (exact) mass is 365 g/mol. The topological polar surface area (TPSA) is 20.3 Å². The van der Waals surface area contributed by atoms with Crippen molar-refractivity contribution in [2.45, 2.75) is 25.2 Å². The van der Waals surface area contributed by atoms with Crippen LogP contribution in [0.1, 0.15) is 41.1 Å². The number of rotatable bonds is 2. The van der Waals surface area contributed by atoms with Gasteiger partial charge in [-0.3, -0.25) is 4.79 Å². The Hall–Kier alpha value is -1.58. The lowest BCUT2D eigenvalue weighted by atomic mass is 9.94. The first-order valence-electron chi connectivity index (χ1n) is 8.04. The first-order chi connectivity index (χ1) is 11.5. The molecule has 24 heavy (non-hydrogen) atoms. The fourth-order valence-corrected chi connectivity index (χ4v) is 3.54. The molecular formula is C19H18Cl2FNO. The smallest absolute Gasteiger partial charge is 0.255 e. The van der Waals surface area contributed by atoms with E-state index in [1.165, 1.54) is 12.1 Å². The second kappa shape index (κ2) is 7.54. The number of carbonyl (C=O) groups excluding carboxylic acids is 1. The molecule has 5 heteroatoms. The van der Waals surface area contributed by atoms with Crippen LogP contribution < -0.4 is 0 Å². The quantitative estimate of drug-likeness (QED) is 0.683. The molecule has 2 aromatic carbocycles. The van der Waals surface area contributed by atoms with Crippen LogP contribution >= 0.6 is 23.2 Å². The van der Waals surface area contributed by atoms with Gasteiger partial charge in [-0.05, 0) is 48.7 Å². The molecule has 2 nitrogen and oxygen atoms in total. The van der Waals surface area contributed by atoms with Gasteiger partial charge in [0.25, 0.3) is 5.91 Å². The van der Waals surface area contributed by atoms with E-state index in [0.717, 1.165) is 24.8 Å². The van der Waals surface area contributed by atoms with E-state index < -0.39 is 0 Å². The SMILES string of the molecule is O=C(c1cc(Cl)ccc1Cl)N1CCCCC(c2ccc(F)cc2)C1. The van der Waals surface area contributed by atoms with Crippen LogP contribution in [0.25, 0.3) is 0 Å². The van der Waals surface area contributed by atoms with Gasteiger partial charge in [0.2, 0.25) is 0 Å². The Morgan fingerprint density at radius 2 is 1.83 bits per heavy atom. The number of nitrogens with zero attached hydrogens (tertiary/aromatic N) is 1. The highest BCUT2D eigenvalue weighted by atomic mass is 35.5. The number of hydrogen-bond donors (Lipinski definition) is 0. The summed E-state index contributed by atoms with van der Waals surface area (Å²) in [6.45, 7) is 1.30. The zero-order chi connectivity index (χ0) is 17.1. The van der Waals surface area contributed by atoms with E-state index in [4.69, 9.17) is 23.2 Å². The molecule has 1 aliphatic rings. The number of hydrogen-bond acceptors (Lipinski definition) is 1. The molecule has 2 aromatic rings. The van der Waals surface area contributed by atoms with Gasteiger partial charge >= 0.3 is 0 Å². The second-order valence-electron chi connectivity index (χ2n) is 6.12. The van der Waals surface area contributed by atoms with Crippen LogP contribution in [0.4, 0.5) is 4.39 Å². The van der Waals surface area contributed by atoms with E-state index >= 15 is 0 Å². The van der Waals surface area contributed by atoms with E-state index in [-0.39, 0.29) is 17.6 Å². The minimum absolute atomic E-state index is 0.100. The van der Waals surface area contributed by atoms with Gasteiger partial charge in [0.1, 0.15) is 5.82 Å². The highest BCUT2D eigenvalue weighted by Crippen LogP contribution is 2.29. The van der Waals surface area contributed by atoms with Gasteiger partial charge in [0, 0.05) is 24.0 Å². The summed E-state index contributed by atoms with van der Waals surface area (Å²) >= 11 is 12.2. The minimum Gasteiger partial charge on any atom is -0.338 e. The fraction of sp³-hybridized carbons (Fsp3) is 0.316. The highest BCUT2D eigenvalue weighted by molar-refractivity contribution is 6.35. The standard InChI is InChI=1S/C19H18Cl2FNO/c20-15-6-9-18(21)17(11-15)19(24)23-10-2-1-3-14(12-23)13-4-7-16(22)8-5-13/h4-9,11,14H,1-3,10,12H2. The van der Waals surface area contributed by atoms with Gasteiger partial charge in [0.05, 0.1) is 10.6 Å². The first-order valence-corrected chi connectivity index (χ1v) is 8.80. The third-order valence-corrected chi connectivity index (χ3v) is 5.02. The minimum atomic E-state index is -0.244. The molecule has 0 N–H and O–H groups in total. The Bertz CT molecular complexity index is 733. The Kier molecular flexibility index (Phi) is 5.42. The summed E-state index contributed by atoms with van der Waals surface area (Å²) in [5.74, 6) is -0.141. The molecule has 1 atom stereocenters. The number of halogens is 3. The zero-order valence-electron chi connectivity index (χ0n) is 13.1. The highest BCUT2D eigenvalue weighted by Gasteiger charge is 2.25.